The van der Waals surface area contributed by atoms with Gasteiger partial charge in [-0.05, 0) is 55.5 Å². The number of methoxy groups -OCH3 is 2. The number of benzene rings is 1. The van der Waals surface area contributed by atoms with Gasteiger partial charge in [0.1, 0.15) is 5.15 Å². The van der Waals surface area contributed by atoms with Crippen LogP contribution in [0.4, 0.5) is 0 Å². The first-order valence-electron chi connectivity index (χ1n) is 9.49. The standard InChI is InChI=1S/C21H29ClN4O2.HI/c1-4-23-21(25-13-11-17-8-10-20(22)26-15-17)24-12-5-6-16-7-9-18(27-2)19(14-16)28-3;/h7-10,14-15H,4-6,11-13H2,1-3H3,(H2,23,24,25);1H. The summed E-state index contributed by atoms with van der Waals surface area (Å²) >= 11 is 5.82. The molecule has 0 amide bonds. The summed E-state index contributed by atoms with van der Waals surface area (Å²) in [5.74, 6) is 2.34. The highest BCUT2D eigenvalue weighted by molar-refractivity contribution is 14.0. The van der Waals surface area contributed by atoms with E-state index in [0.717, 1.165) is 61.9 Å². The van der Waals surface area contributed by atoms with Gasteiger partial charge in [-0.1, -0.05) is 23.7 Å². The molecule has 0 saturated heterocycles. The van der Waals surface area contributed by atoms with Crippen molar-refractivity contribution in [3.05, 3.63) is 52.8 Å². The molecule has 2 aromatic rings. The van der Waals surface area contributed by atoms with Gasteiger partial charge in [-0.25, -0.2) is 4.98 Å². The van der Waals surface area contributed by atoms with Crippen LogP contribution < -0.4 is 20.1 Å². The van der Waals surface area contributed by atoms with E-state index in [1.54, 1.807) is 20.4 Å². The molecule has 0 aliphatic rings. The van der Waals surface area contributed by atoms with E-state index in [1.165, 1.54) is 5.56 Å². The second-order valence-corrected chi connectivity index (χ2v) is 6.61. The summed E-state index contributed by atoms with van der Waals surface area (Å²) in [7, 11) is 3.30. The Morgan fingerprint density at radius 2 is 1.79 bits per heavy atom. The number of hydrogen-bond acceptors (Lipinski definition) is 4. The Balaban J connectivity index is 0.00000420. The van der Waals surface area contributed by atoms with E-state index in [-0.39, 0.29) is 24.0 Å². The molecule has 1 aromatic carbocycles. The fraction of sp³-hybridized carbons (Fsp3) is 0.429. The van der Waals surface area contributed by atoms with Crippen molar-refractivity contribution in [2.45, 2.75) is 26.2 Å². The van der Waals surface area contributed by atoms with Crippen molar-refractivity contribution >= 4 is 41.5 Å². The van der Waals surface area contributed by atoms with Crippen molar-refractivity contribution in [2.75, 3.05) is 33.9 Å². The van der Waals surface area contributed by atoms with Gasteiger partial charge >= 0.3 is 0 Å². The van der Waals surface area contributed by atoms with Crippen LogP contribution in [0, 0.1) is 0 Å². The third-order valence-electron chi connectivity index (χ3n) is 4.18. The van der Waals surface area contributed by atoms with Gasteiger partial charge in [-0.15, -0.1) is 24.0 Å². The number of aliphatic imine (C=N–C) groups is 1. The lowest BCUT2D eigenvalue weighted by Gasteiger charge is -2.11. The van der Waals surface area contributed by atoms with E-state index in [4.69, 9.17) is 21.1 Å². The van der Waals surface area contributed by atoms with Gasteiger partial charge in [0.05, 0.1) is 14.2 Å². The molecular weight excluding hydrogens is 503 g/mol. The minimum Gasteiger partial charge on any atom is -0.493 e. The number of ether oxygens (including phenoxy) is 2. The molecule has 0 spiro atoms. The lowest BCUT2D eigenvalue weighted by Crippen LogP contribution is -2.38. The highest BCUT2D eigenvalue weighted by Gasteiger charge is 2.04. The molecule has 29 heavy (non-hydrogen) atoms. The molecule has 0 aliphatic carbocycles. The number of nitrogens with zero attached hydrogens (tertiary/aromatic N) is 2. The highest BCUT2D eigenvalue weighted by Crippen LogP contribution is 2.27. The van der Waals surface area contributed by atoms with Crippen LogP contribution in [-0.4, -0.2) is 44.8 Å². The Morgan fingerprint density at radius 3 is 2.45 bits per heavy atom. The summed E-state index contributed by atoms with van der Waals surface area (Å²) in [5, 5.41) is 7.15. The van der Waals surface area contributed by atoms with Crippen LogP contribution in [0.5, 0.6) is 11.5 Å². The van der Waals surface area contributed by atoms with E-state index < -0.39 is 0 Å². The predicted molar refractivity (Wildman–Crippen MR) is 130 cm³/mol. The second-order valence-electron chi connectivity index (χ2n) is 6.22. The minimum absolute atomic E-state index is 0. The quantitative estimate of drug-likeness (QED) is 0.159. The lowest BCUT2D eigenvalue weighted by molar-refractivity contribution is 0.354. The molecule has 6 nitrogen and oxygen atoms in total. The monoisotopic (exact) mass is 532 g/mol. The van der Waals surface area contributed by atoms with Crippen molar-refractivity contribution < 1.29 is 9.47 Å². The molecule has 1 heterocycles. The Bertz CT molecular complexity index is 757. The van der Waals surface area contributed by atoms with Crippen molar-refractivity contribution in [1.29, 1.82) is 0 Å². The maximum Gasteiger partial charge on any atom is 0.191 e. The molecule has 0 atom stereocenters. The first-order valence-corrected chi connectivity index (χ1v) is 9.87. The van der Waals surface area contributed by atoms with Gasteiger partial charge in [0.2, 0.25) is 0 Å². The molecule has 2 rings (SSSR count). The zero-order chi connectivity index (χ0) is 20.2. The summed E-state index contributed by atoms with van der Waals surface area (Å²) in [6.07, 6.45) is 4.55. The highest BCUT2D eigenvalue weighted by atomic mass is 127. The normalized spacial score (nSPS) is 10.8. The summed E-state index contributed by atoms with van der Waals surface area (Å²) in [6.45, 7) is 4.41. The molecule has 8 heteroatoms. The molecule has 0 saturated carbocycles. The van der Waals surface area contributed by atoms with Gasteiger partial charge in [0.15, 0.2) is 17.5 Å². The van der Waals surface area contributed by atoms with Crippen LogP contribution in [0.3, 0.4) is 0 Å². The number of halogens is 2. The summed E-state index contributed by atoms with van der Waals surface area (Å²) in [5.41, 5.74) is 2.35. The van der Waals surface area contributed by atoms with Gasteiger partial charge in [-0.3, -0.25) is 4.99 Å². The molecule has 2 N–H and O–H groups in total. The van der Waals surface area contributed by atoms with Gasteiger partial charge in [0, 0.05) is 25.8 Å². The second kappa shape index (κ2) is 14.3. The SMILES string of the molecule is CCNC(=NCCCc1ccc(OC)c(OC)c1)NCCc1ccc(Cl)nc1.I. The van der Waals surface area contributed by atoms with E-state index in [0.29, 0.717) is 5.15 Å². The number of aryl methyl sites for hydroxylation is 1. The Labute approximate surface area is 195 Å². The summed E-state index contributed by atoms with van der Waals surface area (Å²) in [4.78, 5) is 8.75. The van der Waals surface area contributed by atoms with Crippen LogP contribution in [0.25, 0.3) is 0 Å². The number of aromatic nitrogens is 1. The van der Waals surface area contributed by atoms with Crippen molar-refractivity contribution in [3.8, 4) is 11.5 Å². The maximum atomic E-state index is 5.82. The Hall–Kier alpha value is -1.74. The van der Waals surface area contributed by atoms with Crippen LogP contribution in [0.15, 0.2) is 41.5 Å². The third-order valence-corrected chi connectivity index (χ3v) is 4.40. The van der Waals surface area contributed by atoms with Crippen molar-refractivity contribution in [1.82, 2.24) is 15.6 Å². The van der Waals surface area contributed by atoms with E-state index in [1.807, 2.05) is 24.3 Å². The topological polar surface area (TPSA) is 67.8 Å². The zero-order valence-corrected chi connectivity index (χ0v) is 20.3. The maximum absolute atomic E-state index is 5.82. The fourth-order valence-corrected chi connectivity index (χ4v) is 2.84. The molecule has 0 bridgehead atoms. The van der Waals surface area contributed by atoms with E-state index in [2.05, 4.69) is 33.6 Å². The van der Waals surface area contributed by atoms with Crippen molar-refractivity contribution in [3.63, 3.8) is 0 Å². The van der Waals surface area contributed by atoms with E-state index >= 15 is 0 Å². The lowest BCUT2D eigenvalue weighted by atomic mass is 10.1. The van der Waals surface area contributed by atoms with Crippen LogP contribution in [-0.2, 0) is 12.8 Å². The van der Waals surface area contributed by atoms with Gasteiger partial charge < -0.3 is 20.1 Å². The number of guanidine groups is 1. The molecule has 0 radical (unpaired) electrons. The molecule has 0 aliphatic heterocycles. The first kappa shape index (κ1) is 25.3. The van der Waals surface area contributed by atoms with Gasteiger partial charge in [-0.2, -0.15) is 0 Å². The van der Waals surface area contributed by atoms with Crippen LogP contribution >= 0.6 is 35.6 Å². The van der Waals surface area contributed by atoms with Gasteiger partial charge in [0.25, 0.3) is 0 Å². The molecular formula is C21H30ClIN4O2. The largest absolute Gasteiger partial charge is 0.493 e. The minimum atomic E-state index is 0. The number of rotatable bonds is 10. The molecule has 0 unspecified atom stereocenters. The predicted octanol–water partition coefficient (Wildman–Crippen LogP) is 4.10. The smallest absolute Gasteiger partial charge is 0.191 e. The van der Waals surface area contributed by atoms with Crippen molar-refractivity contribution in [2.24, 2.45) is 4.99 Å². The summed E-state index contributed by atoms with van der Waals surface area (Å²) in [6, 6.07) is 9.82. The summed E-state index contributed by atoms with van der Waals surface area (Å²) < 4.78 is 10.6. The number of hydrogen-bond donors (Lipinski definition) is 2. The molecule has 1 aromatic heterocycles. The number of pyridine rings is 1. The molecule has 0 fully saturated rings. The average Bonchev–Trinajstić information content (AvgIpc) is 2.72. The zero-order valence-electron chi connectivity index (χ0n) is 17.2. The van der Waals surface area contributed by atoms with Crippen LogP contribution in [0.1, 0.15) is 24.5 Å². The Kier molecular flexibility index (Phi) is 12.5. The Morgan fingerprint density at radius 1 is 1.03 bits per heavy atom. The number of nitrogens with one attached hydrogen (secondary N) is 2. The van der Waals surface area contributed by atoms with E-state index in [9.17, 15) is 0 Å². The first-order chi connectivity index (χ1) is 13.7. The van der Waals surface area contributed by atoms with Crippen LogP contribution in [0.2, 0.25) is 5.15 Å². The molecule has 160 valence electrons. The third kappa shape index (κ3) is 9.08. The average molecular weight is 533 g/mol. The fourth-order valence-electron chi connectivity index (χ4n) is 2.73.